The topological polar surface area (TPSA) is 82.5 Å². The lowest BCUT2D eigenvalue weighted by molar-refractivity contribution is -0.358. The van der Waals surface area contributed by atoms with Crippen LogP contribution in [0.4, 0.5) is 19.0 Å². The summed E-state index contributed by atoms with van der Waals surface area (Å²) in [6.45, 7) is 4.60. The molecule has 0 aliphatic rings. The highest BCUT2D eigenvalue weighted by atomic mass is 35.5. The van der Waals surface area contributed by atoms with Crippen LogP contribution in [0.3, 0.4) is 0 Å². The van der Waals surface area contributed by atoms with Gasteiger partial charge in [-0.05, 0) is 6.07 Å². The highest BCUT2D eigenvalue weighted by Gasteiger charge is 2.56. The van der Waals surface area contributed by atoms with E-state index < -0.39 is 34.7 Å². The molecule has 118 valence electrons. The van der Waals surface area contributed by atoms with Crippen molar-refractivity contribution in [3.05, 3.63) is 22.8 Å². The molecule has 0 aliphatic heterocycles. The van der Waals surface area contributed by atoms with Crippen LogP contribution in [0.2, 0.25) is 5.02 Å². The SMILES string of the molecule is CC(C)(C)C(=O)Nc1ncc(Cl)cc1C(O)(O)C(F)(F)F. The Balaban J connectivity index is 3.34. The number of carbonyl (C=O) groups excluding carboxylic acids is 1. The molecule has 0 spiro atoms. The second kappa shape index (κ2) is 5.43. The third-order valence-electron chi connectivity index (χ3n) is 2.54. The summed E-state index contributed by atoms with van der Waals surface area (Å²) in [5, 5.41) is 20.5. The van der Waals surface area contributed by atoms with Crippen LogP contribution in [0, 0.1) is 5.41 Å². The number of carbonyl (C=O) groups is 1. The molecule has 5 nitrogen and oxygen atoms in total. The van der Waals surface area contributed by atoms with Gasteiger partial charge < -0.3 is 15.5 Å². The van der Waals surface area contributed by atoms with E-state index in [1.54, 1.807) is 0 Å². The molecule has 0 saturated carbocycles. The Hall–Kier alpha value is -1.38. The normalized spacial score (nSPS) is 13.2. The third-order valence-corrected chi connectivity index (χ3v) is 2.74. The van der Waals surface area contributed by atoms with Crippen LogP contribution in [0.1, 0.15) is 26.3 Å². The number of hydrogen-bond donors (Lipinski definition) is 3. The summed E-state index contributed by atoms with van der Waals surface area (Å²) >= 11 is 5.53. The fourth-order valence-corrected chi connectivity index (χ4v) is 1.41. The number of halogens is 4. The van der Waals surface area contributed by atoms with Crippen LogP contribution in [-0.2, 0) is 10.6 Å². The van der Waals surface area contributed by atoms with Gasteiger partial charge in [-0.3, -0.25) is 4.79 Å². The van der Waals surface area contributed by atoms with Crippen molar-refractivity contribution in [3.8, 4) is 0 Å². The number of alkyl halides is 3. The Kier molecular flexibility index (Phi) is 4.57. The first-order valence-corrected chi connectivity index (χ1v) is 6.13. The minimum atomic E-state index is -5.39. The average molecular weight is 327 g/mol. The van der Waals surface area contributed by atoms with Crippen molar-refractivity contribution in [3.63, 3.8) is 0 Å². The Labute approximate surface area is 123 Å². The third kappa shape index (κ3) is 3.84. The van der Waals surface area contributed by atoms with Crippen LogP contribution in [0.25, 0.3) is 0 Å². The molecule has 1 aromatic rings. The number of nitrogens with zero attached hydrogens (tertiary/aromatic N) is 1. The number of pyridine rings is 1. The first-order chi connectivity index (χ1) is 9.26. The second-order valence-corrected chi connectivity index (χ2v) is 5.86. The van der Waals surface area contributed by atoms with Crippen LogP contribution in [0.15, 0.2) is 12.3 Å². The van der Waals surface area contributed by atoms with Crippen LogP contribution < -0.4 is 5.32 Å². The van der Waals surface area contributed by atoms with E-state index in [4.69, 9.17) is 11.6 Å². The lowest BCUT2D eigenvalue weighted by Crippen LogP contribution is -2.43. The highest BCUT2D eigenvalue weighted by molar-refractivity contribution is 6.30. The van der Waals surface area contributed by atoms with Gasteiger partial charge in [0.05, 0.1) is 10.6 Å². The Morgan fingerprint density at radius 3 is 2.24 bits per heavy atom. The molecular formula is C12H14ClF3N2O3. The Bertz CT molecular complexity index is 554. The zero-order valence-electron chi connectivity index (χ0n) is 11.4. The molecule has 0 aromatic carbocycles. The smallest absolute Gasteiger partial charge is 0.355 e. The molecule has 9 heteroatoms. The number of hydrogen-bond acceptors (Lipinski definition) is 4. The number of aromatic nitrogens is 1. The van der Waals surface area contributed by atoms with E-state index in [1.807, 2.05) is 0 Å². The molecule has 0 saturated heterocycles. The van der Waals surface area contributed by atoms with Gasteiger partial charge in [-0.1, -0.05) is 32.4 Å². The van der Waals surface area contributed by atoms with E-state index >= 15 is 0 Å². The first kappa shape index (κ1) is 17.7. The Morgan fingerprint density at radius 1 is 1.29 bits per heavy atom. The van der Waals surface area contributed by atoms with Gasteiger partial charge in [-0.15, -0.1) is 0 Å². The van der Waals surface area contributed by atoms with Crippen LogP contribution >= 0.6 is 11.6 Å². The maximum atomic E-state index is 12.7. The number of anilines is 1. The molecule has 0 atom stereocenters. The summed E-state index contributed by atoms with van der Waals surface area (Å²) in [7, 11) is 0. The van der Waals surface area contributed by atoms with Crippen LogP contribution in [-0.4, -0.2) is 27.3 Å². The summed E-state index contributed by atoms with van der Waals surface area (Å²) in [4.78, 5) is 15.3. The molecule has 1 aromatic heterocycles. The molecule has 1 rings (SSSR count). The summed E-state index contributed by atoms with van der Waals surface area (Å²) in [5.41, 5.74) is -1.97. The van der Waals surface area contributed by atoms with E-state index in [0.717, 1.165) is 6.20 Å². The maximum absolute atomic E-state index is 12.7. The van der Waals surface area contributed by atoms with Crippen molar-refractivity contribution in [2.24, 2.45) is 5.41 Å². The average Bonchev–Trinajstić information content (AvgIpc) is 2.28. The molecule has 0 unspecified atom stereocenters. The van der Waals surface area contributed by atoms with E-state index in [-0.39, 0.29) is 5.02 Å². The predicted molar refractivity (Wildman–Crippen MR) is 69.5 cm³/mol. The highest BCUT2D eigenvalue weighted by Crippen LogP contribution is 2.40. The molecule has 0 radical (unpaired) electrons. The molecule has 21 heavy (non-hydrogen) atoms. The van der Waals surface area contributed by atoms with Crippen molar-refractivity contribution in [2.75, 3.05) is 5.32 Å². The van der Waals surface area contributed by atoms with Gasteiger partial charge in [0, 0.05) is 11.6 Å². The molecule has 1 amide bonds. The Morgan fingerprint density at radius 2 is 1.81 bits per heavy atom. The van der Waals surface area contributed by atoms with Crippen molar-refractivity contribution in [1.29, 1.82) is 0 Å². The van der Waals surface area contributed by atoms with Crippen molar-refractivity contribution in [2.45, 2.75) is 32.7 Å². The quantitative estimate of drug-likeness (QED) is 0.729. The summed E-state index contributed by atoms with van der Waals surface area (Å²) < 4.78 is 38.2. The van der Waals surface area contributed by atoms with Gasteiger partial charge in [-0.2, -0.15) is 13.2 Å². The largest absolute Gasteiger partial charge is 0.447 e. The maximum Gasteiger partial charge on any atom is 0.447 e. The van der Waals surface area contributed by atoms with E-state index in [1.165, 1.54) is 20.8 Å². The molecule has 0 aliphatic carbocycles. The molecule has 3 N–H and O–H groups in total. The van der Waals surface area contributed by atoms with Crippen molar-refractivity contribution in [1.82, 2.24) is 4.98 Å². The van der Waals surface area contributed by atoms with Crippen LogP contribution in [0.5, 0.6) is 0 Å². The van der Waals surface area contributed by atoms with E-state index in [2.05, 4.69) is 10.3 Å². The van der Waals surface area contributed by atoms with Gasteiger partial charge in [0.15, 0.2) is 0 Å². The minimum Gasteiger partial charge on any atom is -0.355 e. The number of rotatable bonds is 2. The monoisotopic (exact) mass is 326 g/mol. The summed E-state index contributed by atoms with van der Waals surface area (Å²) in [5.74, 6) is -5.45. The number of nitrogens with one attached hydrogen (secondary N) is 1. The zero-order chi connectivity index (χ0) is 16.6. The molecular weight excluding hydrogens is 313 g/mol. The van der Waals surface area contributed by atoms with Crippen molar-refractivity contribution < 1.29 is 28.2 Å². The molecule has 0 fully saturated rings. The summed E-state index contributed by atoms with van der Waals surface area (Å²) in [6.07, 6.45) is -4.41. The zero-order valence-corrected chi connectivity index (χ0v) is 12.2. The van der Waals surface area contributed by atoms with E-state index in [0.29, 0.717) is 6.07 Å². The molecule has 0 bridgehead atoms. The fraction of sp³-hybridized carbons (Fsp3) is 0.500. The standard InChI is InChI=1S/C12H14ClF3N2O3/c1-10(2,3)9(19)18-8-7(4-6(13)5-17-8)11(20,21)12(14,15)16/h4-5,20-21H,1-3H3,(H,17,18,19). The van der Waals surface area contributed by atoms with Gasteiger partial charge in [0.2, 0.25) is 5.91 Å². The number of aliphatic hydroxyl groups is 2. The lowest BCUT2D eigenvalue weighted by atomic mass is 9.95. The van der Waals surface area contributed by atoms with Gasteiger partial charge in [0.1, 0.15) is 5.82 Å². The first-order valence-electron chi connectivity index (χ1n) is 5.76. The van der Waals surface area contributed by atoms with Gasteiger partial charge in [-0.25, -0.2) is 4.98 Å². The van der Waals surface area contributed by atoms with Gasteiger partial charge >= 0.3 is 6.18 Å². The van der Waals surface area contributed by atoms with Gasteiger partial charge in [0.25, 0.3) is 5.79 Å². The predicted octanol–water partition coefficient (Wildman–Crippen LogP) is 2.42. The fourth-order valence-electron chi connectivity index (χ4n) is 1.25. The second-order valence-electron chi connectivity index (χ2n) is 5.42. The van der Waals surface area contributed by atoms with Crippen molar-refractivity contribution >= 4 is 23.3 Å². The lowest BCUT2D eigenvalue weighted by Gasteiger charge is -2.27. The summed E-state index contributed by atoms with van der Waals surface area (Å²) in [6, 6.07) is 0.681. The van der Waals surface area contributed by atoms with E-state index in [9.17, 15) is 28.2 Å². The number of amides is 1. The molecule has 1 heterocycles. The minimum absolute atomic E-state index is 0.240.